The highest BCUT2D eigenvalue weighted by atomic mass is 19.1. The van der Waals surface area contributed by atoms with E-state index >= 15 is 0 Å². The Labute approximate surface area is 95.1 Å². The van der Waals surface area contributed by atoms with Crippen LogP contribution in [0.5, 0.6) is 5.75 Å². The summed E-state index contributed by atoms with van der Waals surface area (Å²) in [6.45, 7) is 2.55. The lowest BCUT2D eigenvalue weighted by molar-refractivity contribution is 0.305. The summed E-state index contributed by atoms with van der Waals surface area (Å²) in [4.78, 5) is 0. The van der Waals surface area contributed by atoms with Gasteiger partial charge in [-0.25, -0.2) is 4.39 Å². The van der Waals surface area contributed by atoms with E-state index in [9.17, 15) is 4.39 Å². The van der Waals surface area contributed by atoms with Crippen LogP contribution < -0.4 is 4.74 Å². The summed E-state index contributed by atoms with van der Waals surface area (Å²) in [5.41, 5.74) is 0.656. The number of aliphatic hydroxyl groups is 1. The van der Waals surface area contributed by atoms with Gasteiger partial charge in [0.25, 0.3) is 0 Å². The third kappa shape index (κ3) is 3.92. The van der Waals surface area contributed by atoms with Crippen LogP contribution in [0.4, 0.5) is 4.39 Å². The maximum Gasteiger partial charge on any atom is 0.137 e. The van der Waals surface area contributed by atoms with E-state index in [0.29, 0.717) is 24.3 Å². The molecule has 0 fully saturated rings. The van der Waals surface area contributed by atoms with E-state index in [1.807, 2.05) is 6.92 Å². The van der Waals surface area contributed by atoms with Crippen LogP contribution in [0.15, 0.2) is 18.2 Å². The molecule has 1 N–H and O–H groups in total. The van der Waals surface area contributed by atoms with Crippen molar-refractivity contribution in [3.05, 3.63) is 29.6 Å². The van der Waals surface area contributed by atoms with Crippen molar-refractivity contribution >= 4 is 0 Å². The molecule has 0 radical (unpaired) electrons. The van der Waals surface area contributed by atoms with Gasteiger partial charge in [-0.15, -0.1) is 0 Å². The summed E-state index contributed by atoms with van der Waals surface area (Å²) in [7, 11) is 0. The Balaban J connectivity index is 2.85. The average molecular weight is 222 g/mol. The summed E-state index contributed by atoms with van der Waals surface area (Å²) in [5, 5.41) is 8.61. The fraction of sp³-hybridized carbons (Fsp3) is 0.385. The van der Waals surface area contributed by atoms with Gasteiger partial charge in [-0.05, 0) is 18.6 Å². The minimum atomic E-state index is -0.334. The van der Waals surface area contributed by atoms with E-state index in [2.05, 4.69) is 11.8 Å². The van der Waals surface area contributed by atoms with Crippen molar-refractivity contribution in [1.29, 1.82) is 0 Å². The third-order valence-corrected chi connectivity index (χ3v) is 1.87. The Bertz CT molecular complexity index is 391. The lowest BCUT2D eigenvalue weighted by atomic mass is 10.2. The molecule has 1 aromatic rings. The van der Waals surface area contributed by atoms with Gasteiger partial charge in [0, 0.05) is 12.5 Å². The van der Waals surface area contributed by atoms with Crippen LogP contribution in [0.25, 0.3) is 0 Å². The Morgan fingerprint density at radius 1 is 1.44 bits per heavy atom. The van der Waals surface area contributed by atoms with Gasteiger partial charge in [0.1, 0.15) is 11.6 Å². The normalized spacial score (nSPS) is 9.44. The Kier molecular flexibility index (Phi) is 5.38. The molecule has 1 aromatic carbocycles. The van der Waals surface area contributed by atoms with Gasteiger partial charge >= 0.3 is 0 Å². The summed E-state index contributed by atoms with van der Waals surface area (Å²) in [6.07, 6.45) is 1.27. The highest BCUT2D eigenvalue weighted by molar-refractivity contribution is 5.46. The largest absolute Gasteiger partial charge is 0.492 e. The molecule has 0 bridgehead atoms. The lowest BCUT2D eigenvalue weighted by Crippen LogP contribution is -1.97. The molecular weight excluding hydrogens is 207 g/mol. The number of hydrogen-bond donors (Lipinski definition) is 1. The van der Waals surface area contributed by atoms with Gasteiger partial charge in [-0.2, -0.15) is 0 Å². The lowest BCUT2D eigenvalue weighted by Gasteiger charge is -2.06. The molecule has 1 rings (SSSR count). The predicted octanol–water partition coefficient (Wildman–Crippen LogP) is 2.35. The second kappa shape index (κ2) is 6.86. The van der Waals surface area contributed by atoms with Crippen molar-refractivity contribution in [3.63, 3.8) is 0 Å². The minimum absolute atomic E-state index is 0.0271. The summed E-state index contributed by atoms with van der Waals surface area (Å²) in [6, 6.07) is 4.27. The zero-order valence-corrected chi connectivity index (χ0v) is 9.29. The molecule has 16 heavy (non-hydrogen) atoms. The fourth-order valence-corrected chi connectivity index (χ4v) is 1.14. The van der Waals surface area contributed by atoms with Gasteiger partial charge < -0.3 is 9.84 Å². The van der Waals surface area contributed by atoms with Crippen LogP contribution in [-0.4, -0.2) is 18.3 Å². The zero-order chi connectivity index (χ0) is 11.8. The quantitative estimate of drug-likeness (QED) is 0.792. The van der Waals surface area contributed by atoms with Crippen LogP contribution in [0.2, 0.25) is 0 Å². The van der Waals surface area contributed by atoms with E-state index in [1.54, 1.807) is 6.07 Å². The maximum absolute atomic E-state index is 13.0. The fourth-order valence-electron chi connectivity index (χ4n) is 1.14. The molecule has 86 valence electrons. The first kappa shape index (κ1) is 12.5. The van der Waals surface area contributed by atoms with E-state index in [1.165, 1.54) is 12.1 Å². The van der Waals surface area contributed by atoms with E-state index in [4.69, 9.17) is 9.84 Å². The molecule has 0 atom stereocenters. The molecule has 0 aliphatic heterocycles. The van der Waals surface area contributed by atoms with Gasteiger partial charge in [0.2, 0.25) is 0 Å². The Hall–Kier alpha value is -1.53. The molecule has 0 heterocycles. The zero-order valence-electron chi connectivity index (χ0n) is 9.29. The van der Waals surface area contributed by atoms with Crippen LogP contribution in [0, 0.1) is 17.7 Å². The Morgan fingerprint density at radius 3 is 2.94 bits per heavy atom. The van der Waals surface area contributed by atoms with Crippen LogP contribution in [-0.2, 0) is 0 Å². The molecule has 0 saturated carbocycles. The molecule has 3 heteroatoms. The summed E-state index contributed by atoms with van der Waals surface area (Å²) >= 11 is 0. The van der Waals surface area contributed by atoms with Crippen molar-refractivity contribution in [2.75, 3.05) is 13.2 Å². The van der Waals surface area contributed by atoms with Crippen LogP contribution >= 0.6 is 0 Å². The maximum atomic E-state index is 13.0. The van der Waals surface area contributed by atoms with Gasteiger partial charge in [-0.3, -0.25) is 0 Å². The first-order chi connectivity index (χ1) is 7.77. The SMILES string of the molecule is CCCOc1cc(F)ccc1C#CCCO. The number of rotatable bonds is 4. The number of ether oxygens (including phenoxy) is 1. The molecule has 0 aromatic heterocycles. The topological polar surface area (TPSA) is 29.5 Å². The molecule has 0 unspecified atom stereocenters. The molecule has 0 spiro atoms. The second-order valence-corrected chi connectivity index (χ2v) is 3.26. The number of halogens is 1. The number of aliphatic hydroxyl groups excluding tert-OH is 1. The smallest absolute Gasteiger partial charge is 0.137 e. The van der Waals surface area contributed by atoms with Crippen LogP contribution in [0.1, 0.15) is 25.3 Å². The molecule has 2 nitrogen and oxygen atoms in total. The third-order valence-electron chi connectivity index (χ3n) is 1.87. The number of benzene rings is 1. The summed E-state index contributed by atoms with van der Waals surface area (Å²) in [5.74, 6) is 5.76. The highest BCUT2D eigenvalue weighted by Gasteiger charge is 2.02. The van der Waals surface area contributed by atoms with E-state index in [-0.39, 0.29) is 12.4 Å². The van der Waals surface area contributed by atoms with Gasteiger partial charge in [0.05, 0.1) is 18.8 Å². The average Bonchev–Trinajstić information content (AvgIpc) is 2.29. The highest BCUT2D eigenvalue weighted by Crippen LogP contribution is 2.19. The Morgan fingerprint density at radius 2 is 2.25 bits per heavy atom. The van der Waals surface area contributed by atoms with Crippen molar-refractivity contribution in [2.24, 2.45) is 0 Å². The van der Waals surface area contributed by atoms with Crippen molar-refractivity contribution < 1.29 is 14.2 Å². The van der Waals surface area contributed by atoms with E-state index < -0.39 is 0 Å². The standard InChI is InChI=1S/C13H15FO2/c1-2-9-16-13-10-12(14)7-6-11(13)5-3-4-8-15/h6-7,10,15H,2,4,8-9H2,1H3. The monoisotopic (exact) mass is 222 g/mol. The van der Waals surface area contributed by atoms with Gasteiger partial charge in [-0.1, -0.05) is 18.8 Å². The molecule has 0 aliphatic rings. The van der Waals surface area contributed by atoms with Crippen molar-refractivity contribution in [2.45, 2.75) is 19.8 Å². The molecule has 0 saturated heterocycles. The van der Waals surface area contributed by atoms with Crippen LogP contribution in [0.3, 0.4) is 0 Å². The number of hydrogen-bond acceptors (Lipinski definition) is 2. The first-order valence-electron chi connectivity index (χ1n) is 5.30. The predicted molar refractivity (Wildman–Crippen MR) is 60.8 cm³/mol. The van der Waals surface area contributed by atoms with Gasteiger partial charge in [0.15, 0.2) is 0 Å². The second-order valence-electron chi connectivity index (χ2n) is 3.26. The first-order valence-corrected chi connectivity index (χ1v) is 5.30. The van der Waals surface area contributed by atoms with E-state index in [0.717, 1.165) is 6.42 Å². The molecule has 0 aliphatic carbocycles. The summed E-state index contributed by atoms with van der Waals surface area (Å²) < 4.78 is 18.4. The molecule has 0 amide bonds. The minimum Gasteiger partial charge on any atom is -0.492 e. The molecular formula is C13H15FO2. The van der Waals surface area contributed by atoms with Crippen molar-refractivity contribution in [3.8, 4) is 17.6 Å². The van der Waals surface area contributed by atoms with Crippen molar-refractivity contribution in [1.82, 2.24) is 0 Å².